The van der Waals surface area contributed by atoms with E-state index in [1.54, 1.807) is 7.11 Å². The van der Waals surface area contributed by atoms with E-state index in [9.17, 15) is 0 Å². The molecule has 1 aromatic carbocycles. The molecule has 1 nitrogen and oxygen atoms in total. The Morgan fingerprint density at radius 3 is 2.62 bits per heavy atom. The average Bonchev–Trinajstić information content (AvgIpc) is 2.17. The molecule has 0 saturated carbocycles. The normalized spacial score (nSPS) is 12.6. The van der Waals surface area contributed by atoms with Crippen LogP contribution in [0.5, 0.6) is 5.75 Å². The Balaban J connectivity index is 3.03. The second-order valence-corrected chi connectivity index (χ2v) is 4.28. The lowest BCUT2D eigenvalue weighted by atomic mass is 10.1. The average molecular weight is 196 g/mol. The first-order valence-corrected chi connectivity index (χ1v) is 5.65. The van der Waals surface area contributed by atoms with Crippen molar-refractivity contribution in [3.8, 4) is 5.75 Å². The topological polar surface area (TPSA) is 9.23 Å². The van der Waals surface area contributed by atoms with Crippen molar-refractivity contribution in [2.45, 2.75) is 19.1 Å². The van der Waals surface area contributed by atoms with Gasteiger partial charge in [0.05, 0.1) is 7.11 Å². The monoisotopic (exact) mass is 196 g/mol. The molecule has 0 spiro atoms. The van der Waals surface area contributed by atoms with Gasteiger partial charge in [-0.15, -0.1) is 0 Å². The molecule has 0 radical (unpaired) electrons. The first kappa shape index (κ1) is 10.5. The van der Waals surface area contributed by atoms with Crippen LogP contribution in [0.2, 0.25) is 0 Å². The van der Waals surface area contributed by atoms with Gasteiger partial charge in [-0.05, 0) is 43.4 Å². The summed E-state index contributed by atoms with van der Waals surface area (Å²) in [6, 6.07) is 6.24. The van der Waals surface area contributed by atoms with Crippen LogP contribution in [0.3, 0.4) is 0 Å². The molecule has 1 atom stereocenters. The number of rotatable bonds is 3. The molecule has 0 aromatic heterocycles. The van der Waals surface area contributed by atoms with Crippen molar-refractivity contribution in [3.63, 3.8) is 0 Å². The van der Waals surface area contributed by atoms with Crippen molar-refractivity contribution in [1.29, 1.82) is 0 Å². The summed E-state index contributed by atoms with van der Waals surface area (Å²) in [4.78, 5) is 0. The summed E-state index contributed by atoms with van der Waals surface area (Å²) in [5.41, 5.74) is 2.70. The van der Waals surface area contributed by atoms with Gasteiger partial charge in [0, 0.05) is 5.25 Å². The SMILES string of the molecule is COc1ccc(C)c(C(C)SC)c1. The highest BCUT2D eigenvalue weighted by atomic mass is 32.2. The van der Waals surface area contributed by atoms with Gasteiger partial charge in [0.25, 0.3) is 0 Å². The molecular formula is C11H16OS. The van der Waals surface area contributed by atoms with E-state index in [1.807, 2.05) is 17.8 Å². The van der Waals surface area contributed by atoms with Gasteiger partial charge in [0.15, 0.2) is 0 Å². The maximum atomic E-state index is 5.20. The molecule has 0 aliphatic heterocycles. The molecule has 0 aliphatic rings. The number of hydrogen-bond donors (Lipinski definition) is 0. The van der Waals surface area contributed by atoms with Crippen LogP contribution in [0, 0.1) is 6.92 Å². The predicted octanol–water partition coefficient (Wildman–Crippen LogP) is 3.43. The number of ether oxygens (including phenoxy) is 1. The van der Waals surface area contributed by atoms with Gasteiger partial charge in [0.2, 0.25) is 0 Å². The largest absolute Gasteiger partial charge is 0.497 e. The van der Waals surface area contributed by atoms with Crippen molar-refractivity contribution >= 4 is 11.8 Å². The van der Waals surface area contributed by atoms with E-state index in [1.165, 1.54) is 11.1 Å². The lowest BCUT2D eigenvalue weighted by molar-refractivity contribution is 0.414. The molecule has 2 heteroatoms. The van der Waals surface area contributed by atoms with Crippen molar-refractivity contribution < 1.29 is 4.74 Å². The fraction of sp³-hybridized carbons (Fsp3) is 0.455. The molecule has 0 saturated heterocycles. The van der Waals surface area contributed by atoms with Crippen LogP contribution in [0.4, 0.5) is 0 Å². The molecule has 1 rings (SSSR count). The Kier molecular flexibility index (Phi) is 3.67. The molecule has 0 heterocycles. The van der Waals surface area contributed by atoms with Crippen LogP contribution in [0.1, 0.15) is 23.3 Å². The zero-order valence-corrected chi connectivity index (χ0v) is 9.44. The van der Waals surface area contributed by atoms with Crippen molar-refractivity contribution in [1.82, 2.24) is 0 Å². The minimum absolute atomic E-state index is 0.537. The summed E-state index contributed by atoms with van der Waals surface area (Å²) in [5, 5.41) is 0.537. The molecule has 1 unspecified atom stereocenters. The molecule has 0 aliphatic carbocycles. The quantitative estimate of drug-likeness (QED) is 0.732. The second-order valence-electron chi connectivity index (χ2n) is 3.10. The Morgan fingerprint density at radius 2 is 2.08 bits per heavy atom. The maximum absolute atomic E-state index is 5.20. The van der Waals surface area contributed by atoms with Gasteiger partial charge >= 0.3 is 0 Å². The second kappa shape index (κ2) is 4.56. The van der Waals surface area contributed by atoms with Crippen LogP contribution in [0.25, 0.3) is 0 Å². The van der Waals surface area contributed by atoms with Crippen molar-refractivity contribution in [2.75, 3.05) is 13.4 Å². The van der Waals surface area contributed by atoms with Gasteiger partial charge in [-0.1, -0.05) is 6.07 Å². The summed E-state index contributed by atoms with van der Waals surface area (Å²) in [6.45, 7) is 4.36. The first-order chi connectivity index (χ1) is 6.19. The predicted molar refractivity (Wildman–Crippen MR) is 59.7 cm³/mol. The molecule has 72 valence electrons. The van der Waals surface area contributed by atoms with E-state index in [2.05, 4.69) is 32.2 Å². The summed E-state index contributed by atoms with van der Waals surface area (Å²) < 4.78 is 5.20. The number of thioether (sulfide) groups is 1. The van der Waals surface area contributed by atoms with Gasteiger partial charge in [-0.3, -0.25) is 0 Å². The van der Waals surface area contributed by atoms with E-state index in [0.717, 1.165) is 5.75 Å². The Bertz CT molecular complexity index is 283. The van der Waals surface area contributed by atoms with E-state index < -0.39 is 0 Å². The van der Waals surface area contributed by atoms with Crippen LogP contribution in [-0.2, 0) is 0 Å². The number of methoxy groups -OCH3 is 1. The summed E-state index contributed by atoms with van der Waals surface area (Å²) in [5.74, 6) is 0.946. The molecular weight excluding hydrogens is 180 g/mol. The Labute approximate surface area is 84.5 Å². The Morgan fingerprint density at radius 1 is 1.38 bits per heavy atom. The fourth-order valence-electron chi connectivity index (χ4n) is 1.31. The number of aryl methyl sites for hydroxylation is 1. The highest BCUT2D eigenvalue weighted by Gasteiger charge is 2.07. The zero-order chi connectivity index (χ0) is 9.84. The van der Waals surface area contributed by atoms with Crippen LogP contribution in [0.15, 0.2) is 18.2 Å². The standard InChI is InChI=1S/C11H16OS/c1-8-5-6-10(12-3)7-11(8)9(2)13-4/h5-7,9H,1-4H3. The lowest BCUT2D eigenvalue weighted by Crippen LogP contribution is -1.93. The number of hydrogen-bond acceptors (Lipinski definition) is 2. The van der Waals surface area contributed by atoms with Crippen LogP contribution in [-0.4, -0.2) is 13.4 Å². The summed E-state index contributed by atoms with van der Waals surface area (Å²) in [7, 11) is 1.71. The minimum atomic E-state index is 0.537. The summed E-state index contributed by atoms with van der Waals surface area (Å²) >= 11 is 1.86. The third-order valence-corrected chi connectivity index (χ3v) is 3.24. The molecule has 0 N–H and O–H groups in total. The third kappa shape index (κ3) is 2.41. The lowest BCUT2D eigenvalue weighted by Gasteiger charge is -2.13. The third-order valence-electron chi connectivity index (χ3n) is 2.28. The van der Waals surface area contributed by atoms with Gasteiger partial charge < -0.3 is 4.74 Å². The zero-order valence-electron chi connectivity index (χ0n) is 8.63. The molecule has 0 amide bonds. The van der Waals surface area contributed by atoms with E-state index in [0.29, 0.717) is 5.25 Å². The minimum Gasteiger partial charge on any atom is -0.497 e. The van der Waals surface area contributed by atoms with Crippen molar-refractivity contribution in [3.05, 3.63) is 29.3 Å². The molecule has 13 heavy (non-hydrogen) atoms. The van der Waals surface area contributed by atoms with Crippen molar-refractivity contribution in [2.24, 2.45) is 0 Å². The molecule has 0 bridgehead atoms. The van der Waals surface area contributed by atoms with Crippen LogP contribution < -0.4 is 4.74 Å². The summed E-state index contributed by atoms with van der Waals surface area (Å²) in [6.07, 6.45) is 2.13. The van der Waals surface area contributed by atoms with E-state index >= 15 is 0 Å². The molecule has 0 fully saturated rings. The van der Waals surface area contributed by atoms with Crippen LogP contribution >= 0.6 is 11.8 Å². The smallest absolute Gasteiger partial charge is 0.119 e. The van der Waals surface area contributed by atoms with Gasteiger partial charge in [0.1, 0.15) is 5.75 Å². The molecule has 1 aromatic rings. The first-order valence-electron chi connectivity index (χ1n) is 4.36. The highest BCUT2D eigenvalue weighted by Crippen LogP contribution is 2.30. The van der Waals surface area contributed by atoms with E-state index in [-0.39, 0.29) is 0 Å². The van der Waals surface area contributed by atoms with Gasteiger partial charge in [-0.2, -0.15) is 11.8 Å². The Hall–Kier alpha value is -0.630. The fourth-order valence-corrected chi connectivity index (χ4v) is 1.82. The van der Waals surface area contributed by atoms with E-state index in [4.69, 9.17) is 4.74 Å². The van der Waals surface area contributed by atoms with Gasteiger partial charge in [-0.25, -0.2) is 0 Å². The maximum Gasteiger partial charge on any atom is 0.119 e. The highest BCUT2D eigenvalue weighted by molar-refractivity contribution is 7.98. The number of benzene rings is 1.